The van der Waals surface area contributed by atoms with Crippen molar-refractivity contribution in [2.24, 2.45) is 0 Å². The minimum Gasteiger partial charge on any atom is -0.503 e. The van der Waals surface area contributed by atoms with Crippen molar-refractivity contribution in [1.29, 1.82) is 0 Å². The number of thioether (sulfide) groups is 1. The van der Waals surface area contributed by atoms with Gasteiger partial charge in [0.2, 0.25) is 5.78 Å². The van der Waals surface area contributed by atoms with Gasteiger partial charge in [0, 0.05) is 34.9 Å². The minimum absolute atomic E-state index is 0.0836. The van der Waals surface area contributed by atoms with Crippen molar-refractivity contribution < 1.29 is 28.2 Å². The van der Waals surface area contributed by atoms with E-state index < -0.39 is 40.7 Å². The zero-order valence-electron chi connectivity index (χ0n) is 21.3. The lowest BCUT2D eigenvalue weighted by molar-refractivity contribution is -0.166. The Morgan fingerprint density at radius 2 is 2.05 bits per heavy atom. The number of carbonyl (C=O) groups is 2. The number of fused-ring (bicyclic) bond motifs is 6. The average Bonchev–Trinajstić information content (AvgIpc) is 3.09. The van der Waals surface area contributed by atoms with Crippen LogP contribution in [0.25, 0.3) is 0 Å². The molecule has 2 aromatic rings. The number of rotatable bonds is 2. The predicted molar refractivity (Wildman–Crippen MR) is 142 cm³/mol. The first kappa shape index (κ1) is 25.6. The number of nitrogens with zero attached hydrogens (tertiary/aromatic N) is 3. The molecule has 1 N–H and O–H groups in total. The van der Waals surface area contributed by atoms with E-state index in [-0.39, 0.29) is 36.0 Å². The van der Waals surface area contributed by atoms with Gasteiger partial charge in [0.1, 0.15) is 12.4 Å². The van der Waals surface area contributed by atoms with Crippen molar-refractivity contribution >= 4 is 23.5 Å². The maximum absolute atomic E-state index is 15.5. The van der Waals surface area contributed by atoms with Crippen LogP contribution in [-0.4, -0.2) is 57.6 Å². The number of allylic oxidation sites excluding steroid dienone is 1. The summed E-state index contributed by atoms with van der Waals surface area (Å²) in [4.78, 5) is 29.1. The van der Waals surface area contributed by atoms with Crippen LogP contribution in [0.1, 0.15) is 42.0 Å². The van der Waals surface area contributed by atoms with Crippen molar-refractivity contribution in [3.63, 3.8) is 0 Å². The van der Waals surface area contributed by atoms with Crippen LogP contribution in [0.5, 0.6) is 5.75 Å². The van der Waals surface area contributed by atoms with E-state index in [1.807, 2.05) is 35.4 Å². The molecule has 1 saturated carbocycles. The molecule has 3 heterocycles. The van der Waals surface area contributed by atoms with Crippen LogP contribution < -0.4 is 4.74 Å². The molecule has 4 aliphatic rings. The number of carbonyl (C=O) groups excluding carboxylic acids is 2. The molecular weight excluding hydrogens is 524 g/mol. The lowest BCUT2D eigenvalue weighted by Gasteiger charge is -2.55. The minimum atomic E-state index is -0.998. The number of hydrazine groups is 1. The number of aliphatic hydroxyl groups excluding tert-OH is 1. The van der Waals surface area contributed by atoms with Gasteiger partial charge in [-0.2, -0.15) is 5.01 Å². The highest BCUT2D eigenvalue weighted by Crippen LogP contribution is 2.50. The Balaban J connectivity index is 1.66. The summed E-state index contributed by atoms with van der Waals surface area (Å²) in [6, 6.07) is 7.93. The molecule has 10 heteroatoms. The molecule has 1 saturated heterocycles. The molecule has 1 aliphatic carbocycles. The third kappa shape index (κ3) is 3.88. The van der Waals surface area contributed by atoms with E-state index in [1.165, 1.54) is 16.8 Å². The number of ketones is 1. The van der Waals surface area contributed by atoms with Gasteiger partial charge in [-0.25, -0.2) is 8.78 Å². The lowest BCUT2D eigenvalue weighted by atomic mass is 9.74. The molecule has 6 rings (SSSR count). The van der Waals surface area contributed by atoms with Gasteiger partial charge in [0.05, 0.1) is 18.2 Å². The van der Waals surface area contributed by atoms with Gasteiger partial charge in [0.25, 0.3) is 5.91 Å². The molecule has 2 atom stereocenters. The first-order valence-corrected chi connectivity index (χ1v) is 13.7. The second-order valence-corrected chi connectivity index (χ2v) is 11.1. The summed E-state index contributed by atoms with van der Waals surface area (Å²) in [5.41, 5.74) is 0.566. The monoisotopic (exact) mass is 551 g/mol. The fourth-order valence-corrected chi connectivity index (χ4v) is 7.02. The van der Waals surface area contributed by atoms with E-state index in [0.29, 0.717) is 18.4 Å². The molecule has 1 amide bonds. The molecule has 7 nitrogen and oxygen atoms in total. The zero-order valence-corrected chi connectivity index (χ0v) is 22.1. The van der Waals surface area contributed by atoms with Crippen molar-refractivity contribution in [2.75, 3.05) is 20.3 Å². The summed E-state index contributed by atoms with van der Waals surface area (Å²) in [5.74, 6) is -3.57. The summed E-state index contributed by atoms with van der Waals surface area (Å²) in [6.45, 7) is 3.64. The van der Waals surface area contributed by atoms with Gasteiger partial charge in [0.15, 0.2) is 23.1 Å². The van der Waals surface area contributed by atoms with E-state index in [9.17, 15) is 19.1 Å². The maximum atomic E-state index is 15.5. The van der Waals surface area contributed by atoms with E-state index in [2.05, 4.69) is 6.58 Å². The Kier molecular flexibility index (Phi) is 6.27. The Labute approximate surface area is 229 Å². The molecule has 3 aliphatic heterocycles. The van der Waals surface area contributed by atoms with Crippen LogP contribution >= 0.6 is 11.8 Å². The van der Waals surface area contributed by atoms with Crippen LogP contribution in [-0.2, 0) is 15.3 Å². The van der Waals surface area contributed by atoms with Crippen LogP contribution in [0, 0.1) is 11.6 Å². The summed E-state index contributed by atoms with van der Waals surface area (Å²) in [5, 5.41) is 14.3. The first-order valence-electron chi connectivity index (χ1n) is 12.7. The number of amides is 1. The summed E-state index contributed by atoms with van der Waals surface area (Å²) in [6.07, 6.45) is 6.94. The van der Waals surface area contributed by atoms with Crippen LogP contribution in [0.4, 0.5) is 8.78 Å². The topological polar surface area (TPSA) is 73.3 Å². The van der Waals surface area contributed by atoms with Gasteiger partial charge in [-0.3, -0.25) is 14.6 Å². The standard InChI is InChI=1S/C29H27F2N3O4S/c1-3-20(35)27(36)26-28(37)33-16-34(32(26)2)25-17-8-4-5-9-22(17)39-15-18-23(25)21(14-19(30)24(18)31)38-13-7-12-29(33)10-6-11-29/h3-5,7-9,12,14,25,36H,1,6,10-11,13,15-16H2,2H3/b12-7+,27-26+/t25-/m1/s1. The molecule has 1 unspecified atom stereocenters. The Bertz CT molecular complexity index is 1470. The summed E-state index contributed by atoms with van der Waals surface area (Å²) >= 11 is 1.39. The fraction of sp³-hybridized carbons (Fsp3) is 0.310. The number of aliphatic hydroxyl groups is 1. The zero-order chi connectivity index (χ0) is 27.5. The number of hydrogen-bond donors (Lipinski definition) is 1. The maximum Gasteiger partial charge on any atom is 0.277 e. The van der Waals surface area contributed by atoms with Gasteiger partial charge < -0.3 is 14.7 Å². The predicted octanol–water partition coefficient (Wildman–Crippen LogP) is 5.00. The fourth-order valence-electron chi connectivity index (χ4n) is 5.92. The number of likely N-dealkylation sites (N-methyl/N-ethyl adjacent to an activating group) is 1. The van der Waals surface area contributed by atoms with E-state index in [1.54, 1.807) is 18.0 Å². The normalized spacial score (nSPS) is 25.3. The second-order valence-electron chi connectivity index (χ2n) is 10.1. The second kappa shape index (κ2) is 9.53. The highest BCUT2D eigenvalue weighted by molar-refractivity contribution is 7.98. The van der Waals surface area contributed by atoms with E-state index in [4.69, 9.17) is 4.74 Å². The highest BCUT2D eigenvalue weighted by atomic mass is 32.2. The molecule has 39 heavy (non-hydrogen) atoms. The molecule has 202 valence electrons. The SMILES string of the molecule is C=CC(=O)/C(O)=C1/C(=O)N2CN([C@@H]3c4ccccc4SCc4c(F)c(F)cc(c43)OC/C=C/C23CCC3)N1C. The quantitative estimate of drug-likeness (QED) is 0.320. The van der Waals surface area contributed by atoms with Crippen molar-refractivity contribution in [2.45, 2.75) is 41.5 Å². The number of ether oxygens (including phenoxy) is 1. The average molecular weight is 552 g/mol. The van der Waals surface area contributed by atoms with Crippen molar-refractivity contribution in [3.8, 4) is 5.75 Å². The van der Waals surface area contributed by atoms with Crippen LogP contribution in [0.2, 0.25) is 0 Å². The van der Waals surface area contributed by atoms with Gasteiger partial charge in [-0.1, -0.05) is 30.9 Å². The Morgan fingerprint density at radius 3 is 2.77 bits per heavy atom. The lowest BCUT2D eigenvalue weighted by Crippen LogP contribution is -2.66. The molecule has 2 aromatic carbocycles. The molecular formula is C29H27F2N3O4S. The Hall–Kier alpha value is -3.63. The van der Waals surface area contributed by atoms with E-state index >= 15 is 4.39 Å². The summed E-state index contributed by atoms with van der Waals surface area (Å²) < 4.78 is 36.4. The molecule has 0 aromatic heterocycles. The molecule has 0 radical (unpaired) electrons. The van der Waals surface area contributed by atoms with Gasteiger partial charge >= 0.3 is 0 Å². The number of halogens is 2. The van der Waals surface area contributed by atoms with Gasteiger partial charge in [-0.15, -0.1) is 11.8 Å². The third-order valence-corrected chi connectivity index (χ3v) is 9.20. The third-order valence-electron chi connectivity index (χ3n) is 8.09. The first-order chi connectivity index (χ1) is 18.8. The number of benzene rings is 2. The molecule has 1 spiro atoms. The Morgan fingerprint density at radius 1 is 1.28 bits per heavy atom. The highest BCUT2D eigenvalue weighted by Gasteiger charge is 2.51. The smallest absolute Gasteiger partial charge is 0.277 e. The van der Waals surface area contributed by atoms with Crippen LogP contribution in [0.3, 0.4) is 0 Å². The van der Waals surface area contributed by atoms with Gasteiger partial charge in [-0.05, 0) is 43.0 Å². The van der Waals surface area contributed by atoms with Crippen molar-refractivity contribution in [1.82, 2.24) is 14.9 Å². The molecule has 2 bridgehead atoms. The summed E-state index contributed by atoms with van der Waals surface area (Å²) in [7, 11) is 1.58. The van der Waals surface area contributed by atoms with Crippen molar-refractivity contribution in [3.05, 3.63) is 94.9 Å². The number of hydrogen-bond acceptors (Lipinski definition) is 7. The van der Waals surface area contributed by atoms with E-state index in [0.717, 1.165) is 29.0 Å². The molecule has 2 fully saturated rings. The largest absolute Gasteiger partial charge is 0.503 e. The van der Waals surface area contributed by atoms with Crippen LogP contribution in [0.15, 0.2) is 71.5 Å².